The molecule has 0 saturated heterocycles. The Balaban J connectivity index is 2.32. The van der Waals surface area contributed by atoms with Crippen LogP contribution in [0, 0.1) is 0 Å². The Labute approximate surface area is 108 Å². The SMILES string of the molecule is CN1CSc2c(ccc3ccccc23)[Si]1(C)C. The van der Waals surface area contributed by atoms with Gasteiger partial charge in [0.15, 0.2) is 8.24 Å². The van der Waals surface area contributed by atoms with E-state index in [0.717, 1.165) is 5.88 Å². The molecule has 0 radical (unpaired) electrons. The van der Waals surface area contributed by atoms with Crippen LogP contribution < -0.4 is 5.19 Å². The van der Waals surface area contributed by atoms with Gasteiger partial charge in [0.25, 0.3) is 0 Å². The van der Waals surface area contributed by atoms with Crippen molar-refractivity contribution in [2.24, 2.45) is 0 Å². The second-order valence-electron chi connectivity index (χ2n) is 5.19. The number of thioether (sulfide) groups is 1. The molecule has 0 aromatic heterocycles. The second kappa shape index (κ2) is 3.87. The highest BCUT2D eigenvalue weighted by Crippen LogP contribution is 2.33. The van der Waals surface area contributed by atoms with Crippen LogP contribution in [0.2, 0.25) is 13.1 Å². The van der Waals surface area contributed by atoms with Crippen molar-refractivity contribution in [2.45, 2.75) is 18.0 Å². The zero-order valence-electron chi connectivity index (χ0n) is 10.5. The van der Waals surface area contributed by atoms with Gasteiger partial charge < -0.3 is 4.57 Å². The maximum atomic E-state index is 2.55. The molecule has 0 bridgehead atoms. The van der Waals surface area contributed by atoms with Gasteiger partial charge in [0.2, 0.25) is 0 Å². The third-order valence-corrected chi connectivity index (χ3v) is 9.35. The Morgan fingerprint density at radius 3 is 2.71 bits per heavy atom. The van der Waals surface area contributed by atoms with Crippen LogP contribution in [0.1, 0.15) is 0 Å². The van der Waals surface area contributed by atoms with Crippen LogP contribution in [-0.2, 0) is 0 Å². The fraction of sp³-hybridized carbons (Fsp3) is 0.286. The molecule has 2 aromatic carbocycles. The summed E-state index contributed by atoms with van der Waals surface area (Å²) in [7, 11) is 0.842. The summed E-state index contributed by atoms with van der Waals surface area (Å²) in [5.74, 6) is 1.13. The van der Waals surface area contributed by atoms with E-state index < -0.39 is 8.24 Å². The van der Waals surface area contributed by atoms with Crippen LogP contribution in [0.5, 0.6) is 0 Å². The Bertz CT molecular complexity index is 579. The van der Waals surface area contributed by atoms with Crippen LogP contribution in [0.15, 0.2) is 41.3 Å². The van der Waals surface area contributed by atoms with Crippen molar-refractivity contribution in [1.82, 2.24) is 4.57 Å². The third kappa shape index (κ3) is 1.65. The molecule has 1 heterocycles. The first-order chi connectivity index (χ1) is 8.10. The lowest BCUT2D eigenvalue weighted by Crippen LogP contribution is -2.58. The van der Waals surface area contributed by atoms with Gasteiger partial charge in [0.05, 0.1) is 0 Å². The molecule has 0 saturated carbocycles. The van der Waals surface area contributed by atoms with E-state index in [-0.39, 0.29) is 0 Å². The fourth-order valence-electron chi connectivity index (χ4n) is 2.41. The Morgan fingerprint density at radius 2 is 1.88 bits per heavy atom. The van der Waals surface area contributed by atoms with Gasteiger partial charge in [-0.15, -0.1) is 11.8 Å². The molecule has 2 aromatic rings. The molecule has 0 N–H and O–H groups in total. The topological polar surface area (TPSA) is 3.24 Å². The summed E-state index contributed by atoms with van der Waals surface area (Å²) in [5.41, 5.74) is 0. The Morgan fingerprint density at radius 1 is 1.12 bits per heavy atom. The molecule has 1 aliphatic heterocycles. The minimum atomic E-state index is -1.42. The van der Waals surface area contributed by atoms with Crippen molar-refractivity contribution in [3.8, 4) is 0 Å². The van der Waals surface area contributed by atoms with E-state index in [1.165, 1.54) is 15.7 Å². The van der Waals surface area contributed by atoms with E-state index in [9.17, 15) is 0 Å². The quantitative estimate of drug-likeness (QED) is 0.668. The van der Waals surface area contributed by atoms with Gasteiger partial charge in [-0.1, -0.05) is 49.5 Å². The summed E-state index contributed by atoms with van der Waals surface area (Å²) in [4.78, 5) is 1.53. The zero-order chi connectivity index (χ0) is 12.0. The van der Waals surface area contributed by atoms with Crippen molar-refractivity contribution < 1.29 is 0 Å². The predicted molar refractivity (Wildman–Crippen MR) is 79.6 cm³/mol. The number of benzene rings is 2. The summed E-state index contributed by atoms with van der Waals surface area (Å²) in [5, 5.41) is 4.40. The lowest BCUT2D eigenvalue weighted by Gasteiger charge is -2.39. The highest BCUT2D eigenvalue weighted by atomic mass is 32.2. The summed E-state index contributed by atoms with van der Waals surface area (Å²) in [6.45, 7) is 4.89. The molecular formula is C14H17NSSi. The van der Waals surface area contributed by atoms with E-state index in [1.807, 2.05) is 11.8 Å². The molecule has 0 unspecified atom stereocenters. The highest BCUT2D eigenvalue weighted by Gasteiger charge is 2.35. The molecule has 0 aliphatic carbocycles. The monoisotopic (exact) mass is 259 g/mol. The van der Waals surface area contributed by atoms with Gasteiger partial charge >= 0.3 is 0 Å². The average molecular weight is 259 g/mol. The highest BCUT2D eigenvalue weighted by molar-refractivity contribution is 8.00. The first kappa shape index (κ1) is 11.3. The van der Waals surface area contributed by atoms with Gasteiger partial charge in [-0.3, -0.25) is 0 Å². The van der Waals surface area contributed by atoms with Crippen molar-refractivity contribution in [1.29, 1.82) is 0 Å². The molecular weight excluding hydrogens is 242 g/mol. The van der Waals surface area contributed by atoms with Gasteiger partial charge in [0, 0.05) is 10.8 Å². The molecule has 3 rings (SSSR count). The van der Waals surface area contributed by atoms with Crippen LogP contribution in [0.25, 0.3) is 10.8 Å². The second-order valence-corrected chi connectivity index (χ2v) is 10.6. The normalized spacial score (nSPS) is 19.2. The maximum Gasteiger partial charge on any atom is 0.155 e. The molecule has 1 nitrogen and oxygen atoms in total. The van der Waals surface area contributed by atoms with Crippen LogP contribution >= 0.6 is 11.8 Å². The van der Waals surface area contributed by atoms with Gasteiger partial charge in [-0.25, -0.2) is 0 Å². The summed E-state index contributed by atoms with van der Waals surface area (Å²) < 4.78 is 2.55. The fourth-order valence-corrected chi connectivity index (χ4v) is 7.34. The molecule has 1 aliphatic rings. The van der Waals surface area contributed by atoms with Crippen molar-refractivity contribution in [2.75, 3.05) is 12.9 Å². The van der Waals surface area contributed by atoms with E-state index >= 15 is 0 Å². The smallest absolute Gasteiger partial charge is 0.155 e. The van der Waals surface area contributed by atoms with Crippen LogP contribution in [0.3, 0.4) is 0 Å². The maximum absolute atomic E-state index is 2.55. The van der Waals surface area contributed by atoms with Gasteiger partial charge in [0.1, 0.15) is 0 Å². The minimum absolute atomic E-state index is 1.13. The van der Waals surface area contributed by atoms with Crippen molar-refractivity contribution in [3.05, 3.63) is 36.4 Å². The minimum Gasteiger partial charge on any atom is -0.314 e. The number of nitrogens with zero attached hydrogens (tertiary/aromatic N) is 1. The Kier molecular flexibility index (Phi) is 2.58. The van der Waals surface area contributed by atoms with Gasteiger partial charge in [-0.2, -0.15) is 0 Å². The average Bonchev–Trinajstić information content (AvgIpc) is 2.33. The first-order valence-corrected chi connectivity index (χ1v) is 9.90. The van der Waals surface area contributed by atoms with Crippen LogP contribution in [-0.4, -0.2) is 25.7 Å². The van der Waals surface area contributed by atoms with E-state index in [0.29, 0.717) is 0 Å². The van der Waals surface area contributed by atoms with Crippen molar-refractivity contribution in [3.63, 3.8) is 0 Å². The first-order valence-electron chi connectivity index (χ1n) is 5.97. The summed E-state index contributed by atoms with van der Waals surface area (Å²) in [6, 6.07) is 13.4. The number of hydrogen-bond donors (Lipinski definition) is 0. The lowest BCUT2D eigenvalue weighted by molar-refractivity contribution is 0.605. The molecule has 0 fully saturated rings. The molecule has 0 amide bonds. The Hall–Kier alpha value is -0.773. The van der Waals surface area contributed by atoms with E-state index in [2.05, 4.69) is 61.1 Å². The zero-order valence-corrected chi connectivity index (χ0v) is 12.3. The molecule has 0 atom stereocenters. The van der Waals surface area contributed by atoms with E-state index in [1.54, 1.807) is 5.19 Å². The van der Waals surface area contributed by atoms with E-state index in [4.69, 9.17) is 0 Å². The number of hydrogen-bond acceptors (Lipinski definition) is 2. The standard InChI is InChI=1S/C14H17NSSi/c1-15-10-16-14-12-7-5-4-6-11(12)8-9-13(14)17(15,2)3/h4-9H,10H2,1-3H3. The van der Waals surface area contributed by atoms with Crippen molar-refractivity contribution >= 4 is 36.0 Å². The third-order valence-electron chi connectivity index (χ3n) is 3.90. The van der Waals surface area contributed by atoms with Gasteiger partial charge in [-0.05, 0) is 23.0 Å². The molecule has 88 valence electrons. The molecule has 3 heteroatoms. The summed E-state index contributed by atoms with van der Waals surface area (Å²) >= 11 is 1.99. The number of fused-ring (bicyclic) bond motifs is 3. The largest absolute Gasteiger partial charge is 0.314 e. The number of rotatable bonds is 0. The molecule has 17 heavy (non-hydrogen) atoms. The van der Waals surface area contributed by atoms with Crippen LogP contribution in [0.4, 0.5) is 0 Å². The molecule has 0 spiro atoms. The predicted octanol–water partition coefficient (Wildman–Crippen LogP) is 3.25. The lowest BCUT2D eigenvalue weighted by atomic mass is 10.1. The summed E-state index contributed by atoms with van der Waals surface area (Å²) in [6.07, 6.45) is 0.